The van der Waals surface area contributed by atoms with Crippen LogP contribution in [0, 0.1) is 10.1 Å². The summed E-state index contributed by atoms with van der Waals surface area (Å²) in [6, 6.07) is 12.7. The summed E-state index contributed by atoms with van der Waals surface area (Å²) >= 11 is 1.74. The number of rotatable bonds is 4. The Morgan fingerprint density at radius 1 is 1.28 bits per heavy atom. The van der Waals surface area contributed by atoms with Gasteiger partial charge >= 0.3 is 0 Å². The Hall–Kier alpha value is -2.41. The van der Waals surface area contributed by atoms with E-state index in [1.54, 1.807) is 30.1 Å². The zero-order chi connectivity index (χ0) is 17.4. The number of hydrogen-bond acceptors (Lipinski definition) is 6. The van der Waals surface area contributed by atoms with Crippen molar-refractivity contribution < 1.29 is 4.92 Å². The van der Waals surface area contributed by atoms with Crippen LogP contribution in [-0.2, 0) is 0 Å². The molecule has 1 aromatic heterocycles. The van der Waals surface area contributed by atoms with E-state index in [4.69, 9.17) is 4.99 Å². The lowest BCUT2D eigenvalue weighted by Gasteiger charge is -2.31. The fourth-order valence-electron chi connectivity index (χ4n) is 3.59. The maximum Gasteiger partial charge on any atom is 0.274 e. The van der Waals surface area contributed by atoms with Gasteiger partial charge < -0.3 is 4.90 Å². The largest absolute Gasteiger partial charge is 0.338 e. The molecule has 3 heterocycles. The smallest absolute Gasteiger partial charge is 0.274 e. The summed E-state index contributed by atoms with van der Waals surface area (Å²) in [6.45, 7) is 2.15. The van der Waals surface area contributed by atoms with Crippen molar-refractivity contribution in [2.24, 2.45) is 4.99 Å². The van der Waals surface area contributed by atoms with Gasteiger partial charge in [-0.2, -0.15) is 0 Å². The Balaban J connectivity index is 1.85. The number of hydrogen-bond donors (Lipinski definition) is 0. The van der Waals surface area contributed by atoms with Gasteiger partial charge in [0, 0.05) is 24.1 Å². The summed E-state index contributed by atoms with van der Waals surface area (Å²) in [5, 5.41) is 12.6. The summed E-state index contributed by atoms with van der Waals surface area (Å²) in [7, 11) is 0. The van der Waals surface area contributed by atoms with Crippen LogP contribution in [0.3, 0.4) is 0 Å². The third-order valence-electron chi connectivity index (χ3n) is 4.78. The number of nitro benzene ring substituents is 1. The number of benzene rings is 1. The van der Waals surface area contributed by atoms with E-state index in [0.29, 0.717) is 11.6 Å². The van der Waals surface area contributed by atoms with Gasteiger partial charge in [-0.15, -0.1) is 0 Å². The highest BCUT2D eigenvalue weighted by Gasteiger charge is 2.47. The van der Waals surface area contributed by atoms with Crippen LogP contribution in [0.4, 0.5) is 5.69 Å². The standard InChI is InChI=1S/C18H18N4O2S/c1-2-12-11-25-18-20-16(14-8-5-6-10-19-14)17(21(12)18)13-7-3-4-9-15(13)22(23)24/h3-10,12,16-17H,2,11H2,1H3/t12-,16-,17+/m1/s1. The molecule has 1 fully saturated rings. The SMILES string of the molecule is CC[C@@H]1CSC2=N[C@H](c3ccccn3)[C@H](c3ccccc3[N+](=O)[O-])N21. The molecular weight excluding hydrogens is 336 g/mol. The summed E-state index contributed by atoms with van der Waals surface area (Å²) in [6.07, 6.45) is 2.73. The van der Waals surface area contributed by atoms with Crippen molar-refractivity contribution in [1.29, 1.82) is 0 Å². The van der Waals surface area contributed by atoms with E-state index in [9.17, 15) is 10.1 Å². The molecule has 4 rings (SSSR count). The highest BCUT2D eigenvalue weighted by molar-refractivity contribution is 8.14. The number of amidine groups is 1. The molecule has 6 nitrogen and oxygen atoms in total. The van der Waals surface area contributed by atoms with Crippen LogP contribution in [0.5, 0.6) is 0 Å². The average Bonchev–Trinajstić information content (AvgIpc) is 3.21. The second-order valence-corrected chi connectivity index (χ2v) is 7.14. The molecule has 1 saturated heterocycles. The Morgan fingerprint density at radius 3 is 2.80 bits per heavy atom. The van der Waals surface area contributed by atoms with Crippen LogP contribution in [0.25, 0.3) is 0 Å². The van der Waals surface area contributed by atoms with Crippen molar-refractivity contribution in [1.82, 2.24) is 9.88 Å². The van der Waals surface area contributed by atoms with E-state index in [0.717, 1.165) is 23.0 Å². The number of pyridine rings is 1. The molecule has 3 atom stereocenters. The van der Waals surface area contributed by atoms with Crippen LogP contribution in [0.15, 0.2) is 53.7 Å². The van der Waals surface area contributed by atoms with Crippen molar-refractivity contribution in [3.05, 3.63) is 70.0 Å². The number of nitro groups is 1. The quantitative estimate of drug-likeness (QED) is 0.614. The predicted molar refractivity (Wildman–Crippen MR) is 98.6 cm³/mol. The van der Waals surface area contributed by atoms with Crippen molar-refractivity contribution in [3.63, 3.8) is 0 Å². The molecule has 25 heavy (non-hydrogen) atoms. The molecule has 0 bridgehead atoms. The Labute approximate surface area is 150 Å². The minimum Gasteiger partial charge on any atom is -0.338 e. The lowest BCUT2D eigenvalue weighted by molar-refractivity contribution is -0.386. The first-order valence-electron chi connectivity index (χ1n) is 8.34. The normalized spacial score (nSPS) is 24.9. The fraction of sp³-hybridized carbons (Fsp3) is 0.333. The minimum atomic E-state index is -0.299. The van der Waals surface area contributed by atoms with Gasteiger partial charge in [-0.3, -0.25) is 20.1 Å². The molecule has 0 saturated carbocycles. The summed E-state index contributed by atoms with van der Waals surface area (Å²) in [5.41, 5.74) is 1.71. The monoisotopic (exact) mass is 354 g/mol. The maximum absolute atomic E-state index is 11.6. The lowest BCUT2D eigenvalue weighted by atomic mass is 9.94. The van der Waals surface area contributed by atoms with E-state index in [1.165, 1.54) is 0 Å². The highest BCUT2D eigenvalue weighted by atomic mass is 32.2. The van der Waals surface area contributed by atoms with E-state index < -0.39 is 0 Å². The second kappa shape index (κ2) is 6.48. The van der Waals surface area contributed by atoms with Gasteiger partial charge in [-0.05, 0) is 24.6 Å². The van der Waals surface area contributed by atoms with Gasteiger partial charge in [0.25, 0.3) is 5.69 Å². The molecule has 2 aliphatic heterocycles. The first-order chi connectivity index (χ1) is 12.2. The molecular formula is C18H18N4O2S. The predicted octanol–water partition coefficient (Wildman–Crippen LogP) is 3.97. The summed E-state index contributed by atoms with van der Waals surface area (Å²) in [4.78, 5) is 22.9. The Bertz CT molecular complexity index is 827. The van der Waals surface area contributed by atoms with Crippen molar-refractivity contribution >= 4 is 22.6 Å². The number of para-hydroxylation sites is 1. The highest BCUT2D eigenvalue weighted by Crippen LogP contribution is 2.50. The van der Waals surface area contributed by atoms with Gasteiger partial charge in [0.2, 0.25) is 0 Å². The topological polar surface area (TPSA) is 71.6 Å². The second-order valence-electron chi connectivity index (χ2n) is 6.15. The van der Waals surface area contributed by atoms with Crippen LogP contribution < -0.4 is 0 Å². The molecule has 2 aliphatic rings. The van der Waals surface area contributed by atoms with Crippen molar-refractivity contribution in [2.75, 3.05) is 5.75 Å². The van der Waals surface area contributed by atoms with E-state index in [1.807, 2.05) is 30.3 Å². The molecule has 2 aromatic rings. The fourth-order valence-corrected chi connectivity index (χ4v) is 4.93. The van der Waals surface area contributed by atoms with Gasteiger partial charge in [0.05, 0.1) is 22.2 Å². The Morgan fingerprint density at radius 2 is 2.08 bits per heavy atom. The molecule has 128 valence electrons. The van der Waals surface area contributed by atoms with Gasteiger partial charge in [-0.1, -0.05) is 36.9 Å². The zero-order valence-electron chi connectivity index (χ0n) is 13.8. The third kappa shape index (κ3) is 2.68. The van der Waals surface area contributed by atoms with Crippen molar-refractivity contribution in [3.8, 4) is 0 Å². The Kier molecular flexibility index (Phi) is 4.17. The summed E-state index contributed by atoms with van der Waals surface area (Å²) < 4.78 is 0. The van der Waals surface area contributed by atoms with Crippen molar-refractivity contribution in [2.45, 2.75) is 31.5 Å². The van der Waals surface area contributed by atoms with Gasteiger partial charge in [0.15, 0.2) is 5.17 Å². The molecule has 7 heteroatoms. The van der Waals surface area contributed by atoms with E-state index in [-0.39, 0.29) is 22.7 Å². The van der Waals surface area contributed by atoms with Gasteiger partial charge in [-0.25, -0.2) is 0 Å². The number of thioether (sulfide) groups is 1. The number of nitrogens with zero attached hydrogens (tertiary/aromatic N) is 4. The van der Waals surface area contributed by atoms with Crippen LogP contribution in [-0.4, -0.2) is 31.8 Å². The first kappa shape index (κ1) is 16.1. The number of fused-ring (bicyclic) bond motifs is 1. The number of aliphatic imine (C=N–C) groups is 1. The molecule has 0 N–H and O–H groups in total. The average molecular weight is 354 g/mol. The molecule has 1 aromatic carbocycles. The molecule has 0 unspecified atom stereocenters. The van der Waals surface area contributed by atoms with Crippen LogP contribution in [0.2, 0.25) is 0 Å². The molecule has 0 aliphatic carbocycles. The minimum absolute atomic E-state index is 0.150. The lowest BCUT2D eigenvalue weighted by Crippen LogP contribution is -2.35. The van der Waals surface area contributed by atoms with Gasteiger partial charge in [0.1, 0.15) is 6.04 Å². The zero-order valence-corrected chi connectivity index (χ0v) is 14.6. The molecule has 0 spiro atoms. The first-order valence-corrected chi connectivity index (χ1v) is 9.32. The molecule has 0 radical (unpaired) electrons. The van der Waals surface area contributed by atoms with E-state index in [2.05, 4.69) is 16.8 Å². The van der Waals surface area contributed by atoms with Crippen LogP contribution in [0.1, 0.15) is 36.7 Å². The van der Waals surface area contributed by atoms with E-state index >= 15 is 0 Å². The maximum atomic E-state index is 11.6. The van der Waals surface area contributed by atoms with Crippen LogP contribution >= 0.6 is 11.8 Å². The molecule has 0 amide bonds. The number of aromatic nitrogens is 1. The third-order valence-corrected chi connectivity index (χ3v) is 5.91. The summed E-state index contributed by atoms with van der Waals surface area (Å²) in [5.74, 6) is 0.974.